The molecule has 20 heavy (non-hydrogen) atoms. The Hall–Kier alpha value is -1.16. The number of ether oxygens (including phenoxy) is 2. The molecule has 2 heterocycles. The van der Waals surface area contributed by atoms with E-state index in [4.69, 9.17) is 9.47 Å². The van der Waals surface area contributed by atoms with Crippen LogP contribution in [-0.4, -0.2) is 29.6 Å². The van der Waals surface area contributed by atoms with Gasteiger partial charge in [0.2, 0.25) is 0 Å². The minimum absolute atomic E-state index is 0.0667. The Bertz CT molecular complexity index is 444. The highest BCUT2D eigenvalue weighted by Crippen LogP contribution is 2.43. The lowest BCUT2D eigenvalue weighted by Gasteiger charge is -2.34. The summed E-state index contributed by atoms with van der Waals surface area (Å²) in [6.07, 6.45) is 5.41. The normalized spacial score (nSPS) is 32.5. The Morgan fingerprint density at radius 1 is 1.40 bits per heavy atom. The summed E-state index contributed by atoms with van der Waals surface area (Å²) in [7, 11) is 0. The average molecular weight is 280 g/mol. The van der Waals surface area contributed by atoms with E-state index in [9.17, 15) is 9.59 Å². The van der Waals surface area contributed by atoms with E-state index >= 15 is 0 Å². The lowest BCUT2D eigenvalue weighted by molar-refractivity contribution is -0.169. The lowest BCUT2D eigenvalue weighted by Crippen LogP contribution is -2.43. The maximum absolute atomic E-state index is 12.4. The Balaban J connectivity index is 2.06. The third-order valence-corrected chi connectivity index (χ3v) is 3.74. The molecule has 0 aromatic heterocycles. The zero-order valence-electron chi connectivity index (χ0n) is 12.9. The van der Waals surface area contributed by atoms with E-state index in [1.165, 1.54) is 0 Å². The molecule has 0 N–H and O–H groups in total. The largest absolute Gasteiger partial charge is 0.459 e. The van der Waals surface area contributed by atoms with Crippen molar-refractivity contribution in [3.8, 4) is 0 Å². The van der Waals surface area contributed by atoms with Crippen LogP contribution in [0, 0.1) is 11.3 Å². The fourth-order valence-electron chi connectivity index (χ4n) is 3.43. The molecule has 0 amide bonds. The Kier molecular flexibility index (Phi) is 3.57. The molecule has 0 aromatic carbocycles. The number of fused-ring (bicyclic) bond motifs is 2. The summed E-state index contributed by atoms with van der Waals surface area (Å²) in [4.78, 5) is 23.7. The molecular formula is C16H24O4. The standard InChI is InChI=1S/C16H24O4/c1-14(2,3)9-15(4,5)20-13(18)12-8-11-6-7-16(12,10-17)19-11/h6-7,10-12H,8-9H2,1-5H3. The maximum Gasteiger partial charge on any atom is 0.313 e. The lowest BCUT2D eigenvalue weighted by atomic mass is 9.82. The quantitative estimate of drug-likeness (QED) is 0.451. The van der Waals surface area contributed by atoms with Crippen molar-refractivity contribution in [3.05, 3.63) is 12.2 Å². The van der Waals surface area contributed by atoms with Crippen LogP contribution in [-0.2, 0) is 19.1 Å². The van der Waals surface area contributed by atoms with Crippen molar-refractivity contribution in [3.63, 3.8) is 0 Å². The molecule has 4 heteroatoms. The number of carbonyl (C=O) groups excluding carboxylic acids is 2. The zero-order chi connectivity index (χ0) is 15.2. The smallest absolute Gasteiger partial charge is 0.313 e. The minimum atomic E-state index is -1.10. The summed E-state index contributed by atoms with van der Waals surface area (Å²) in [5.41, 5.74) is -1.58. The van der Waals surface area contributed by atoms with Gasteiger partial charge in [-0.1, -0.05) is 26.8 Å². The van der Waals surface area contributed by atoms with Crippen LogP contribution in [0.1, 0.15) is 47.5 Å². The molecule has 1 fully saturated rings. The summed E-state index contributed by atoms with van der Waals surface area (Å²) < 4.78 is 11.2. The zero-order valence-corrected chi connectivity index (χ0v) is 12.9. The number of hydrogen-bond acceptors (Lipinski definition) is 4. The highest BCUT2D eigenvalue weighted by atomic mass is 16.6. The third-order valence-electron chi connectivity index (χ3n) is 3.74. The van der Waals surface area contributed by atoms with Crippen LogP contribution >= 0.6 is 0 Å². The first-order valence-electron chi connectivity index (χ1n) is 7.13. The first-order valence-corrected chi connectivity index (χ1v) is 7.13. The molecule has 4 nitrogen and oxygen atoms in total. The SMILES string of the molecule is CC(C)(C)CC(C)(C)OC(=O)C1CC2C=CC1(C=O)O2. The molecule has 3 atom stereocenters. The van der Waals surface area contributed by atoms with E-state index in [1.54, 1.807) is 6.08 Å². The molecule has 112 valence electrons. The molecule has 2 aliphatic heterocycles. The van der Waals surface area contributed by atoms with Crippen LogP contribution in [0.5, 0.6) is 0 Å². The molecule has 2 aliphatic rings. The van der Waals surface area contributed by atoms with Gasteiger partial charge >= 0.3 is 5.97 Å². The first kappa shape index (κ1) is 15.2. The van der Waals surface area contributed by atoms with Gasteiger partial charge in [0.05, 0.1) is 12.0 Å². The van der Waals surface area contributed by atoms with Crippen LogP contribution in [0.3, 0.4) is 0 Å². The fourth-order valence-corrected chi connectivity index (χ4v) is 3.43. The van der Waals surface area contributed by atoms with Crippen LogP contribution in [0.4, 0.5) is 0 Å². The first-order chi connectivity index (χ1) is 9.07. The van der Waals surface area contributed by atoms with Gasteiger partial charge < -0.3 is 9.47 Å². The van der Waals surface area contributed by atoms with E-state index in [2.05, 4.69) is 20.8 Å². The van der Waals surface area contributed by atoms with Gasteiger partial charge in [-0.3, -0.25) is 9.59 Å². The molecule has 0 aliphatic carbocycles. The van der Waals surface area contributed by atoms with Gasteiger partial charge in [0.25, 0.3) is 0 Å². The van der Waals surface area contributed by atoms with Crippen molar-refractivity contribution >= 4 is 12.3 Å². The Labute approximate surface area is 120 Å². The van der Waals surface area contributed by atoms with Crippen LogP contribution in [0.15, 0.2) is 12.2 Å². The molecular weight excluding hydrogens is 256 g/mol. The number of esters is 1. The summed E-state index contributed by atoms with van der Waals surface area (Å²) >= 11 is 0. The molecule has 3 unspecified atom stereocenters. The van der Waals surface area contributed by atoms with E-state index in [-0.39, 0.29) is 17.5 Å². The van der Waals surface area contributed by atoms with Gasteiger partial charge in [0.15, 0.2) is 11.9 Å². The van der Waals surface area contributed by atoms with Crippen LogP contribution < -0.4 is 0 Å². The summed E-state index contributed by atoms with van der Waals surface area (Å²) in [6.45, 7) is 10.2. The fraction of sp³-hybridized carbons (Fsp3) is 0.750. The van der Waals surface area contributed by atoms with Gasteiger partial charge in [-0.25, -0.2) is 0 Å². The van der Waals surface area contributed by atoms with E-state index in [0.717, 1.165) is 12.7 Å². The van der Waals surface area contributed by atoms with Gasteiger partial charge in [-0.05, 0) is 38.2 Å². The Morgan fingerprint density at radius 3 is 2.55 bits per heavy atom. The second kappa shape index (κ2) is 4.69. The molecule has 0 radical (unpaired) electrons. The van der Waals surface area contributed by atoms with Crippen molar-refractivity contribution in [1.82, 2.24) is 0 Å². The number of hydrogen-bond donors (Lipinski definition) is 0. The van der Waals surface area contributed by atoms with Gasteiger partial charge in [-0.2, -0.15) is 0 Å². The predicted octanol–water partition coefficient (Wildman–Crippen LogP) is 2.66. The molecule has 0 spiro atoms. The van der Waals surface area contributed by atoms with Gasteiger partial charge in [0, 0.05) is 0 Å². The Morgan fingerprint density at radius 2 is 2.05 bits per heavy atom. The van der Waals surface area contributed by atoms with Crippen molar-refractivity contribution in [2.75, 3.05) is 0 Å². The molecule has 0 saturated carbocycles. The molecule has 0 aromatic rings. The molecule has 2 rings (SSSR count). The second-order valence-electron chi connectivity index (χ2n) is 7.69. The molecule has 2 bridgehead atoms. The third kappa shape index (κ3) is 2.95. The van der Waals surface area contributed by atoms with Gasteiger partial charge in [0.1, 0.15) is 5.60 Å². The minimum Gasteiger partial charge on any atom is -0.459 e. The highest BCUT2D eigenvalue weighted by Gasteiger charge is 2.55. The second-order valence-corrected chi connectivity index (χ2v) is 7.69. The number of carbonyl (C=O) groups is 2. The predicted molar refractivity (Wildman–Crippen MR) is 75.2 cm³/mol. The number of aldehydes is 1. The highest BCUT2D eigenvalue weighted by molar-refractivity contribution is 5.84. The van der Waals surface area contributed by atoms with Crippen LogP contribution in [0.25, 0.3) is 0 Å². The average Bonchev–Trinajstić information content (AvgIpc) is 2.82. The maximum atomic E-state index is 12.4. The van der Waals surface area contributed by atoms with E-state index < -0.39 is 17.1 Å². The van der Waals surface area contributed by atoms with E-state index in [0.29, 0.717) is 6.42 Å². The summed E-state index contributed by atoms with van der Waals surface area (Å²) in [5, 5.41) is 0. The monoisotopic (exact) mass is 280 g/mol. The number of rotatable bonds is 4. The topological polar surface area (TPSA) is 52.6 Å². The van der Waals surface area contributed by atoms with Crippen molar-refractivity contribution in [2.24, 2.45) is 11.3 Å². The van der Waals surface area contributed by atoms with Crippen molar-refractivity contribution in [1.29, 1.82) is 0 Å². The molecule has 1 saturated heterocycles. The van der Waals surface area contributed by atoms with E-state index in [1.807, 2.05) is 19.9 Å². The van der Waals surface area contributed by atoms with Crippen LogP contribution in [0.2, 0.25) is 0 Å². The summed E-state index contributed by atoms with van der Waals surface area (Å²) in [6, 6.07) is 0. The van der Waals surface area contributed by atoms with Gasteiger partial charge in [-0.15, -0.1) is 0 Å². The summed E-state index contributed by atoms with van der Waals surface area (Å²) in [5.74, 6) is -0.854. The van der Waals surface area contributed by atoms with Crippen molar-refractivity contribution in [2.45, 2.75) is 64.8 Å². The van der Waals surface area contributed by atoms with Crippen molar-refractivity contribution < 1.29 is 19.1 Å².